The van der Waals surface area contributed by atoms with Gasteiger partial charge < -0.3 is 15.2 Å². The molecule has 5 heteroatoms. The Morgan fingerprint density at radius 3 is 2.71 bits per heavy atom. The van der Waals surface area contributed by atoms with Gasteiger partial charge in [0.1, 0.15) is 0 Å². The molecule has 3 rings (SSSR count). The molecule has 0 radical (unpaired) electrons. The summed E-state index contributed by atoms with van der Waals surface area (Å²) in [5, 5.41) is 10.7. The van der Waals surface area contributed by atoms with Crippen molar-refractivity contribution in [2.45, 2.75) is 6.04 Å². The molecular formula is C12H14N4O. The van der Waals surface area contributed by atoms with Crippen molar-refractivity contribution in [2.75, 3.05) is 19.6 Å². The SMILES string of the molecule is c1nc(-c2ccc(C3CNCCN3)cc2)no1. The molecule has 0 spiro atoms. The van der Waals surface area contributed by atoms with Crippen molar-refractivity contribution >= 4 is 0 Å². The van der Waals surface area contributed by atoms with E-state index in [0.29, 0.717) is 11.9 Å². The smallest absolute Gasteiger partial charge is 0.214 e. The largest absolute Gasteiger partial charge is 0.342 e. The molecule has 1 atom stereocenters. The van der Waals surface area contributed by atoms with E-state index in [1.54, 1.807) is 0 Å². The van der Waals surface area contributed by atoms with E-state index in [4.69, 9.17) is 4.52 Å². The summed E-state index contributed by atoms with van der Waals surface area (Å²) >= 11 is 0. The third kappa shape index (κ3) is 2.20. The highest BCUT2D eigenvalue weighted by atomic mass is 16.5. The molecule has 2 heterocycles. The number of aromatic nitrogens is 2. The van der Waals surface area contributed by atoms with Crippen LogP contribution in [0.3, 0.4) is 0 Å². The average Bonchev–Trinajstić information content (AvgIpc) is 2.94. The number of hydrogen-bond donors (Lipinski definition) is 2. The van der Waals surface area contributed by atoms with Gasteiger partial charge in [-0.25, -0.2) is 0 Å². The van der Waals surface area contributed by atoms with E-state index in [2.05, 4.69) is 32.9 Å². The molecule has 0 saturated carbocycles. The summed E-state index contributed by atoms with van der Waals surface area (Å²) in [6.45, 7) is 3.02. The maximum atomic E-state index is 4.73. The number of rotatable bonds is 2. The number of piperazine rings is 1. The Hall–Kier alpha value is -1.72. The molecule has 1 aliphatic rings. The van der Waals surface area contributed by atoms with Gasteiger partial charge in [-0.05, 0) is 5.56 Å². The quantitative estimate of drug-likeness (QED) is 0.805. The van der Waals surface area contributed by atoms with Crippen LogP contribution < -0.4 is 10.6 Å². The highest BCUT2D eigenvalue weighted by Gasteiger charge is 2.14. The summed E-state index contributed by atoms with van der Waals surface area (Å²) in [6.07, 6.45) is 1.34. The Bertz CT molecular complexity index is 460. The van der Waals surface area contributed by atoms with Gasteiger partial charge in [0.15, 0.2) is 0 Å². The standard InChI is InChI=1S/C12H14N4O/c1-3-10(12-15-8-17-16-12)4-2-9(1)11-7-13-5-6-14-11/h1-4,8,11,13-14H,5-7H2. The number of hydrogen-bond acceptors (Lipinski definition) is 5. The summed E-state index contributed by atoms with van der Waals surface area (Å²) < 4.78 is 4.73. The Kier molecular flexibility index (Phi) is 2.85. The first-order chi connectivity index (χ1) is 8.43. The second-order valence-corrected chi connectivity index (χ2v) is 4.09. The van der Waals surface area contributed by atoms with Crippen molar-refractivity contribution < 1.29 is 4.52 Å². The second kappa shape index (κ2) is 4.65. The topological polar surface area (TPSA) is 63.0 Å². The first-order valence-electron chi connectivity index (χ1n) is 5.74. The fraction of sp³-hybridized carbons (Fsp3) is 0.333. The minimum absolute atomic E-state index is 0.392. The number of benzene rings is 1. The van der Waals surface area contributed by atoms with Crippen LogP contribution in [-0.2, 0) is 0 Å². The molecule has 0 aliphatic carbocycles. The van der Waals surface area contributed by atoms with Crippen molar-refractivity contribution in [2.24, 2.45) is 0 Å². The maximum absolute atomic E-state index is 4.73. The Balaban J connectivity index is 1.80. The predicted octanol–water partition coefficient (Wildman–Crippen LogP) is 0.970. The van der Waals surface area contributed by atoms with Crippen LogP contribution in [-0.4, -0.2) is 29.8 Å². The molecule has 5 nitrogen and oxygen atoms in total. The lowest BCUT2D eigenvalue weighted by Gasteiger charge is -2.24. The van der Waals surface area contributed by atoms with E-state index in [-0.39, 0.29) is 0 Å². The van der Waals surface area contributed by atoms with E-state index < -0.39 is 0 Å². The van der Waals surface area contributed by atoms with Gasteiger partial charge in [-0.3, -0.25) is 0 Å². The van der Waals surface area contributed by atoms with Crippen LogP contribution in [0.25, 0.3) is 11.4 Å². The monoisotopic (exact) mass is 230 g/mol. The summed E-state index contributed by atoms with van der Waals surface area (Å²) in [4.78, 5) is 4.02. The van der Waals surface area contributed by atoms with Gasteiger partial charge in [0.2, 0.25) is 12.2 Å². The van der Waals surface area contributed by atoms with Gasteiger partial charge in [0.25, 0.3) is 0 Å². The third-order valence-electron chi connectivity index (χ3n) is 2.97. The van der Waals surface area contributed by atoms with Gasteiger partial charge >= 0.3 is 0 Å². The fourth-order valence-corrected chi connectivity index (χ4v) is 2.05. The fourth-order valence-electron chi connectivity index (χ4n) is 2.05. The Labute approximate surface area is 99.2 Å². The van der Waals surface area contributed by atoms with E-state index in [1.807, 2.05) is 12.1 Å². The lowest BCUT2D eigenvalue weighted by Crippen LogP contribution is -2.42. The molecule has 1 aromatic carbocycles. The molecule has 1 unspecified atom stereocenters. The number of nitrogens with one attached hydrogen (secondary N) is 2. The van der Waals surface area contributed by atoms with Crippen molar-refractivity contribution in [3.63, 3.8) is 0 Å². The molecule has 88 valence electrons. The first-order valence-corrected chi connectivity index (χ1v) is 5.74. The van der Waals surface area contributed by atoms with Gasteiger partial charge in [-0.1, -0.05) is 29.4 Å². The number of nitrogens with zero attached hydrogens (tertiary/aromatic N) is 2. The zero-order valence-corrected chi connectivity index (χ0v) is 9.39. The van der Waals surface area contributed by atoms with Crippen LogP contribution in [0.5, 0.6) is 0 Å². The van der Waals surface area contributed by atoms with Gasteiger partial charge in [-0.15, -0.1) is 0 Å². The highest BCUT2D eigenvalue weighted by molar-refractivity contribution is 5.54. The predicted molar refractivity (Wildman–Crippen MR) is 63.3 cm³/mol. The molecular weight excluding hydrogens is 216 g/mol. The van der Waals surface area contributed by atoms with Crippen LogP contribution in [0.2, 0.25) is 0 Å². The van der Waals surface area contributed by atoms with Crippen molar-refractivity contribution in [1.29, 1.82) is 0 Å². The van der Waals surface area contributed by atoms with Crippen LogP contribution in [0.4, 0.5) is 0 Å². The van der Waals surface area contributed by atoms with Crippen LogP contribution in [0.1, 0.15) is 11.6 Å². The summed E-state index contributed by atoms with van der Waals surface area (Å²) in [5.41, 5.74) is 2.26. The molecule has 0 amide bonds. The molecule has 1 fully saturated rings. The van der Waals surface area contributed by atoms with Gasteiger partial charge in [0, 0.05) is 31.2 Å². The lowest BCUT2D eigenvalue weighted by atomic mass is 10.0. The average molecular weight is 230 g/mol. The molecule has 2 N–H and O–H groups in total. The van der Waals surface area contributed by atoms with Gasteiger partial charge in [-0.2, -0.15) is 4.98 Å². The maximum Gasteiger partial charge on any atom is 0.214 e. The molecule has 17 heavy (non-hydrogen) atoms. The minimum Gasteiger partial charge on any atom is -0.342 e. The van der Waals surface area contributed by atoms with E-state index in [0.717, 1.165) is 25.2 Å². The van der Waals surface area contributed by atoms with E-state index in [9.17, 15) is 0 Å². The molecule has 0 bridgehead atoms. The zero-order chi connectivity index (χ0) is 11.5. The Morgan fingerprint density at radius 1 is 1.18 bits per heavy atom. The van der Waals surface area contributed by atoms with Crippen LogP contribution in [0.15, 0.2) is 35.2 Å². The molecule has 1 aromatic heterocycles. The molecule has 2 aromatic rings. The van der Waals surface area contributed by atoms with Crippen LogP contribution in [0, 0.1) is 0 Å². The van der Waals surface area contributed by atoms with Gasteiger partial charge in [0.05, 0.1) is 0 Å². The third-order valence-corrected chi connectivity index (χ3v) is 2.97. The van der Waals surface area contributed by atoms with Crippen molar-refractivity contribution in [1.82, 2.24) is 20.8 Å². The second-order valence-electron chi connectivity index (χ2n) is 4.09. The van der Waals surface area contributed by atoms with Crippen LogP contribution >= 0.6 is 0 Å². The lowest BCUT2D eigenvalue weighted by molar-refractivity contribution is 0.418. The Morgan fingerprint density at radius 2 is 2.06 bits per heavy atom. The summed E-state index contributed by atoms with van der Waals surface area (Å²) in [5.74, 6) is 0.631. The molecule has 1 aliphatic heterocycles. The normalized spacial score (nSPS) is 20.4. The summed E-state index contributed by atoms with van der Waals surface area (Å²) in [7, 11) is 0. The molecule has 1 saturated heterocycles. The minimum atomic E-state index is 0.392. The van der Waals surface area contributed by atoms with E-state index >= 15 is 0 Å². The first kappa shape index (κ1) is 10.4. The van der Waals surface area contributed by atoms with Crippen molar-refractivity contribution in [3.8, 4) is 11.4 Å². The zero-order valence-electron chi connectivity index (χ0n) is 9.39. The van der Waals surface area contributed by atoms with Crippen molar-refractivity contribution in [3.05, 3.63) is 36.2 Å². The van der Waals surface area contributed by atoms with E-state index in [1.165, 1.54) is 12.0 Å². The highest BCUT2D eigenvalue weighted by Crippen LogP contribution is 2.19. The summed E-state index contributed by atoms with van der Waals surface area (Å²) in [6, 6.07) is 8.66.